The van der Waals surface area contributed by atoms with E-state index in [2.05, 4.69) is 20.8 Å². The Bertz CT molecular complexity index is 224. The van der Waals surface area contributed by atoms with Gasteiger partial charge in [0.2, 0.25) is 0 Å². The topological polar surface area (TPSA) is 26.0 Å². The fourth-order valence-electron chi connectivity index (χ4n) is 3.63. The Labute approximate surface area is 121 Å². The maximum absolute atomic E-state index is 6.66. The number of hydrogen-bond acceptors (Lipinski definition) is 1. The van der Waals surface area contributed by atoms with Crippen LogP contribution in [0.5, 0.6) is 0 Å². The molecule has 0 heterocycles. The molecular formula is C18H37N. The monoisotopic (exact) mass is 267 g/mol. The molecule has 0 spiro atoms. The van der Waals surface area contributed by atoms with Gasteiger partial charge in [-0.2, -0.15) is 0 Å². The summed E-state index contributed by atoms with van der Waals surface area (Å²) in [6, 6.07) is 0. The number of nitrogens with two attached hydrogens (primary N) is 1. The van der Waals surface area contributed by atoms with Crippen LogP contribution in [0.3, 0.4) is 0 Å². The molecule has 1 heteroatoms. The number of rotatable bonds is 8. The smallest absolute Gasteiger partial charge is 0.0154 e. The van der Waals surface area contributed by atoms with Crippen LogP contribution in [-0.2, 0) is 0 Å². The van der Waals surface area contributed by atoms with E-state index in [-0.39, 0.29) is 5.54 Å². The van der Waals surface area contributed by atoms with Gasteiger partial charge in [-0.05, 0) is 37.5 Å². The molecular weight excluding hydrogens is 230 g/mol. The second-order valence-electron chi connectivity index (χ2n) is 7.32. The van der Waals surface area contributed by atoms with E-state index in [1.165, 1.54) is 77.0 Å². The van der Waals surface area contributed by atoms with Crippen LogP contribution in [0.2, 0.25) is 0 Å². The Morgan fingerprint density at radius 1 is 1.00 bits per heavy atom. The predicted molar refractivity (Wildman–Crippen MR) is 86.3 cm³/mol. The lowest BCUT2D eigenvalue weighted by Crippen LogP contribution is -2.39. The first-order chi connectivity index (χ1) is 9.07. The largest absolute Gasteiger partial charge is 0.325 e. The molecule has 1 saturated carbocycles. The molecule has 114 valence electrons. The van der Waals surface area contributed by atoms with Gasteiger partial charge in [-0.25, -0.2) is 0 Å². The van der Waals surface area contributed by atoms with E-state index in [1.807, 2.05) is 0 Å². The van der Waals surface area contributed by atoms with Gasteiger partial charge in [-0.1, -0.05) is 72.1 Å². The third kappa shape index (κ3) is 6.79. The van der Waals surface area contributed by atoms with Crippen molar-refractivity contribution in [1.29, 1.82) is 0 Å². The SMILES string of the molecule is CCCCCCCCC1(N)CCCC(C(C)C)CC1. The molecule has 1 aliphatic carbocycles. The summed E-state index contributed by atoms with van der Waals surface area (Å²) < 4.78 is 0. The minimum atomic E-state index is 0.175. The van der Waals surface area contributed by atoms with Crippen LogP contribution in [0.25, 0.3) is 0 Å². The Balaban J connectivity index is 2.20. The normalized spacial score (nSPS) is 28.6. The van der Waals surface area contributed by atoms with E-state index >= 15 is 0 Å². The molecule has 0 aliphatic heterocycles. The first-order valence-electron chi connectivity index (χ1n) is 8.86. The van der Waals surface area contributed by atoms with Gasteiger partial charge in [0.1, 0.15) is 0 Å². The van der Waals surface area contributed by atoms with E-state index in [1.54, 1.807) is 0 Å². The average molecular weight is 268 g/mol. The van der Waals surface area contributed by atoms with Crippen LogP contribution in [0.4, 0.5) is 0 Å². The molecule has 0 aromatic rings. The van der Waals surface area contributed by atoms with E-state index in [9.17, 15) is 0 Å². The first kappa shape index (κ1) is 17.0. The van der Waals surface area contributed by atoms with Gasteiger partial charge >= 0.3 is 0 Å². The highest BCUT2D eigenvalue weighted by molar-refractivity contribution is 4.88. The molecule has 1 fully saturated rings. The lowest BCUT2D eigenvalue weighted by molar-refractivity contribution is 0.306. The molecule has 0 bridgehead atoms. The standard InChI is InChI=1S/C18H37N/c1-4-5-6-7-8-9-13-18(19)14-10-11-17(12-15-18)16(2)3/h16-17H,4-15,19H2,1-3H3. The van der Waals surface area contributed by atoms with Crippen LogP contribution >= 0.6 is 0 Å². The minimum absolute atomic E-state index is 0.175. The van der Waals surface area contributed by atoms with E-state index in [0.717, 1.165) is 11.8 Å². The zero-order valence-electron chi connectivity index (χ0n) is 13.7. The fraction of sp³-hybridized carbons (Fsp3) is 1.00. The maximum atomic E-state index is 6.66. The average Bonchev–Trinajstić information content (AvgIpc) is 2.56. The highest BCUT2D eigenvalue weighted by atomic mass is 14.7. The van der Waals surface area contributed by atoms with Crippen molar-refractivity contribution in [2.24, 2.45) is 17.6 Å². The lowest BCUT2D eigenvalue weighted by Gasteiger charge is -2.28. The Morgan fingerprint density at radius 3 is 2.37 bits per heavy atom. The Morgan fingerprint density at radius 2 is 1.68 bits per heavy atom. The third-order valence-corrected chi connectivity index (χ3v) is 5.23. The van der Waals surface area contributed by atoms with Crippen LogP contribution in [0.15, 0.2) is 0 Å². The summed E-state index contributed by atoms with van der Waals surface area (Å²) in [5.41, 5.74) is 6.84. The highest BCUT2D eigenvalue weighted by Gasteiger charge is 2.29. The molecule has 19 heavy (non-hydrogen) atoms. The molecule has 1 rings (SSSR count). The highest BCUT2D eigenvalue weighted by Crippen LogP contribution is 2.35. The van der Waals surface area contributed by atoms with E-state index < -0.39 is 0 Å². The van der Waals surface area contributed by atoms with Gasteiger partial charge in [0.15, 0.2) is 0 Å². The number of hydrogen-bond donors (Lipinski definition) is 1. The van der Waals surface area contributed by atoms with Crippen LogP contribution in [0.1, 0.15) is 97.8 Å². The summed E-state index contributed by atoms with van der Waals surface area (Å²) in [6.45, 7) is 7.04. The Hall–Kier alpha value is -0.0400. The van der Waals surface area contributed by atoms with Crippen molar-refractivity contribution in [1.82, 2.24) is 0 Å². The molecule has 2 N–H and O–H groups in total. The van der Waals surface area contributed by atoms with Crippen molar-refractivity contribution in [3.05, 3.63) is 0 Å². The van der Waals surface area contributed by atoms with Crippen molar-refractivity contribution in [2.45, 2.75) is 103 Å². The molecule has 1 aliphatic rings. The van der Waals surface area contributed by atoms with Crippen molar-refractivity contribution in [2.75, 3.05) is 0 Å². The molecule has 0 amide bonds. The third-order valence-electron chi connectivity index (χ3n) is 5.23. The Kier molecular flexibility index (Phi) is 8.06. The summed E-state index contributed by atoms with van der Waals surface area (Å²) in [5, 5.41) is 0. The molecule has 0 aromatic heterocycles. The molecule has 0 aromatic carbocycles. The summed E-state index contributed by atoms with van der Waals surface area (Å²) >= 11 is 0. The van der Waals surface area contributed by atoms with Crippen LogP contribution < -0.4 is 5.73 Å². The van der Waals surface area contributed by atoms with Crippen molar-refractivity contribution in [3.8, 4) is 0 Å². The molecule has 1 nitrogen and oxygen atoms in total. The van der Waals surface area contributed by atoms with Crippen LogP contribution in [-0.4, -0.2) is 5.54 Å². The summed E-state index contributed by atoms with van der Waals surface area (Å²) in [4.78, 5) is 0. The van der Waals surface area contributed by atoms with Gasteiger partial charge < -0.3 is 5.73 Å². The summed E-state index contributed by atoms with van der Waals surface area (Å²) in [6.07, 6.45) is 16.3. The summed E-state index contributed by atoms with van der Waals surface area (Å²) in [7, 11) is 0. The van der Waals surface area contributed by atoms with Crippen molar-refractivity contribution >= 4 is 0 Å². The summed E-state index contributed by atoms with van der Waals surface area (Å²) in [5.74, 6) is 1.77. The zero-order chi connectivity index (χ0) is 14.1. The second kappa shape index (κ2) is 9.00. The maximum Gasteiger partial charge on any atom is 0.0154 e. The first-order valence-corrected chi connectivity index (χ1v) is 8.86. The van der Waals surface area contributed by atoms with E-state index in [0.29, 0.717) is 0 Å². The number of unbranched alkanes of at least 4 members (excludes halogenated alkanes) is 5. The van der Waals surface area contributed by atoms with Crippen LogP contribution in [0, 0.1) is 11.8 Å². The van der Waals surface area contributed by atoms with Gasteiger partial charge in [-0.3, -0.25) is 0 Å². The van der Waals surface area contributed by atoms with E-state index in [4.69, 9.17) is 5.73 Å². The molecule has 0 saturated heterocycles. The van der Waals surface area contributed by atoms with Gasteiger partial charge in [0, 0.05) is 5.54 Å². The van der Waals surface area contributed by atoms with Gasteiger partial charge in [0.05, 0.1) is 0 Å². The lowest BCUT2D eigenvalue weighted by atomic mass is 9.84. The minimum Gasteiger partial charge on any atom is -0.325 e. The fourth-order valence-corrected chi connectivity index (χ4v) is 3.63. The molecule has 0 radical (unpaired) electrons. The van der Waals surface area contributed by atoms with Gasteiger partial charge in [-0.15, -0.1) is 0 Å². The van der Waals surface area contributed by atoms with Crippen molar-refractivity contribution < 1.29 is 0 Å². The van der Waals surface area contributed by atoms with Crippen molar-refractivity contribution in [3.63, 3.8) is 0 Å². The quantitative estimate of drug-likeness (QED) is 0.445. The molecule has 2 unspecified atom stereocenters. The molecule has 2 atom stereocenters. The van der Waals surface area contributed by atoms with Gasteiger partial charge in [0.25, 0.3) is 0 Å². The zero-order valence-corrected chi connectivity index (χ0v) is 13.7. The predicted octanol–water partition coefficient (Wildman–Crippen LogP) is 5.67. The second-order valence-corrected chi connectivity index (χ2v) is 7.32.